The Morgan fingerprint density at radius 3 is 2.37 bits per heavy atom. The molecule has 0 spiro atoms. The zero-order valence-corrected chi connectivity index (χ0v) is 12.5. The highest BCUT2D eigenvalue weighted by atomic mass is 15.2. The van der Waals surface area contributed by atoms with E-state index in [1.54, 1.807) is 0 Å². The molecule has 1 aliphatic rings. The average Bonchev–Trinajstić information content (AvgIpc) is 2.39. The van der Waals surface area contributed by atoms with E-state index in [4.69, 9.17) is 5.84 Å². The van der Waals surface area contributed by atoms with Gasteiger partial charge in [-0.05, 0) is 54.6 Å². The molecule has 0 aromatic heterocycles. The minimum atomic E-state index is 0.307. The molecule has 3 N–H and O–H groups in total. The van der Waals surface area contributed by atoms with Crippen LogP contribution in [-0.2, 0) is 6.42 Å². The van der Waals surface area contributed by atoms with Crippen LogP contribution in [0.4, 0.5) is 0 Å². The van der Waals surface area contributed by atoms with Crippen LogP contribution in [0.15, 0.2) is 24.3 Å². The first-order valence-corrected chi connectivity index (χ1v) is 7.69. The minimum absolute atomic E-state index is 0.307. The molecule has 0 saturated heterocycles. The number of aryl methyl sites for hydroxylation is 1. The molecule has 1 aromatic carbocycles. The van der Waals surface area contributed by atoms with E-state index in [1.807, 2.05) is 0 Å². The molecule has 0 radical (unpaired) electrons. The van der Waals surface area contributed by atoms with Gasteiger partial charge in [0.05, 0.1) is 0 Å². The highest BCUT2D eigenvalue weighted by Gasteiger charge is 2.31. The van der Waals surface area contributed by atoms with Crippen molar-refractivity contribution in [2.24, 2.45) is 23.6 Å². The Balaban J connectivity index is 2.23. The summed E-state index contributed by atoms with van der Waals surface area (Å²) < 4.78 is 0. The maximum Gasteiger partial charge on any atom is 0.0491 e. The second kappa shape index (κ2) is 6.53. The summed E-state index contributed by atoms with van der Waals surface area (Å²) in [4.78, 5) is 0. The molecule has 2 heteroatoms. The lowest BCUT2D eigenvalue weighted by molar-refractivity contribution is 0.176. The molecule has 1 aromatic rings. The Kier molecular flexibility index (Phi) is 5.00. The number of nitrogens with one attached hydrogen (secondary N) is 1. The van der Waals surface area contributed by atoms with Crippen molar-refractivity contribution in [3.63, 3.8) is 0 Å². The van der Waals surface area contributed by atoms with Crippen LogP contribution in [0.2, 0.25) is 0 Å². The largest absolute Gasteiger partial charge is 0.271 e. The SMILES string of the molecule is CCc1ccccc1C(NN)C1CC(C)CC(C)C1. The summed E-state index contributed by atoms with van der Waals surface area (Å²) in [6, 6.07) is 9.04. The van der Waals surface area contributed by atoms with Crippen LogP contribution < -0.4 is 11.3 Å². The van der Waals surface area contributed by atoms with E-state index in [0.717, 1.165) is 18.3 Å². The van der Waals surface area contributed by atoms with Crippen LogP contribution in [0.5, 0.6) is 0 Å². The minimum Gasteiger partial charge on any atom is -0.271 e. The lowest BCUT2D eigenvalue weighted by Gasteiger charge is -2.37. The van der Waals surface area contributed by atoms with Crippen molar-refractivity contribution in [1.82, 2.24) is 5.43 Å². The third kappa shape index (κ3) is 3.37. The molecule has 0 bridgehead atoms. The van der Waals surface area contributed by atoms with Crippen LogP contribution in [0, 0.1) is 17.8 Å². The molecule has 0 aliphatic heterocycles. The lowest BCUT2D eigenvalue weighted by atomic mass is 9.72. The zero-order chi connectivity index (χ0) is 13.8. The lowest BCUT2D eigenvalue weighted by Crippen LogP contribution is -2.37. The quantitative estimate of drug-likeness (QED) is 0.638. The van der Waals surface area contributed by atoms with Crippen molar-refractivity contribution in [3.8, 4) is 0 Å². The van der Waals surface area contributed by atoms with Crippen molar-refractivity contribution >= 4 is 0 Å². The Labute approximate surface area is 117 Å². The molecule has 0 amide bonds. The molecule has 0 heterocycles. The van der Waals surface area contributed by atoms with Crippen molar-refractivity contribution in [1.29, 1.82) is 0 Å². The second-order valence-corrected chi connectivity index (χ2v) is 6.37. The fraction of sp³-hybridized carbons (Fsp3) is 0.647. The number of rotatable bonds is 4. The van der Waals surface area contributed by atoms with Crippen LogP contribution >= 0.6 is 0 Å². The first kappa shape index (κ1) is 14.5. The standard InChI is InChI=1S/C17H28N2/c1-4-14-7-5-6-8-16(14)17(19-18)15-10-12(2)9-13(3)11-15/h5-8,12-13,15,17,19H,4,9-11,18H2,1-3H3. The van der Waals surface area contributed by atoms with E-state index in [2.05, 4.69) is 50.5 Å². The van der Waals surface area contributed by atoms with Gasteiger partial charge in [-0.1, -0.05) is 45.0 Å². The fourth-order valence-corrected chi connectivity index (χ4v) is 3.92. The molecule has 2 rings (SSSR count). The number of benzene rings is 1. The Bertz CT molecular complexity index is 392. The van der Waals surface area contributed by atoms with Gasteiger partial charge in [0.25, 0.3) is 0 Å². The number of hydrazine groups is 1. The van der Waals surface area contributed by atoms with Gasteiger partial charge in [-0.25, -0.2) is 0 Å². The molecular formula is C17H28N2. The Morgan fingerprint density at radius 2 is 1.79 bits per heavy atom. The van der Waals surface area contributed by atoms with Gasteiger partial charge in [-0.15, -0.1) is 0 Å². The van der Waals surface area contributed by atoms with E-state index >= 15 is 0 Å². The molecule has 1 saturated carbocycles. The van der Waals surface area contributed by atoms with Crippen molar-refractivity contribution in [2.75, 3.05) is 0 Å². The normalized spacial score (nSPS) is 29.2. The van der Waals surface area contributed by atoms with E-state index in [-0.39, 0.29) is 0 Å². The third-order valence-corrected chi connectivity index (χ3v) is 4.64. The Hall–Kier alpha value is -0.860. The van der Waals surface area contributed by atoms with Gasteiger partial charge in [-0.2, -0.15) is 0 Å². The monoisotopic (exact) mass is 260 g/mol. The van der Waals surface area contributed by atoms with Gasteiger partial charge >= 0.3 is 0 Å². The van der Waals surface area contributed by atoms with Gasteiger partial charge < -0.3 is 0 Å². The number of hydrogen-bond acceptors (Lipinski definition) is 2. The molecule has 3 unspecified atom stereocenters. The highest BCUT2D eigenvalue weighted by Crippen LogP contribution is 2.40. The predicted molar refractivity (Wildman–Crippen MR) is 81.6 cm³/mol. The molecule has 19 heavy (non-hydrogen) atoms. The van der Waals surface area contributed by atoms with Gasteiger partial charge in [0, 0.05) is 6.04 Å². The van der Waals surface area contributed by atoms with Gasteiger partial charge in [0.2, 0.25) is 0 Å². The molecule has 106 valence electrons. The topological polar surface area (TPSA) is 38.0 Å². The summed E-state index contributed by atoms with van der Waals surface area (Å²) in [5.41, 5.74) is 5.93. The number of hydrogen-bond donors (Lipinski definition) is 2. The van der Waals surface area contributed by atoms with Gasteiger partial charge in [-0.3, -0.25) is 11.3 Å². The maximum absolute atomic E-state index is 5.90. The predicted octanol–water partition coefficient (Wildman–Crippen LogP) is 3.83. The van der Waals surface area contributed by atoms with Crippen LogP contribution in [0.3, 0.4) is 0 Å². The van der Waals surface area contributed by atoms with Crippen LogP contribution in [-0.4, -0.2) is 0 Å². The van der Waals surface area contributed by atoms with Crippen molar-refractivity contribution < 1.29 is 0 Å². The van der Waals surface area contributed by atoms with Crippen LogP contribution in [0.1, 0.15) is 57.2 Å². The van der Waals surface area contributed by atoms with E-state index in [9.17, 15) is 0 Å². The van der Waals surface area contributed by atoms with Crippen molar-refractivity contribution in [3.05, 3.63) is 35.4 Å². The average molecular weight is 260 g/mol. The second-order valence-electron chi connectivity index (χ2n) is 6.37. The maximum atomic E-state index is 5.90. The van der Waals surface area contributed by atoms with E-state index < -0.39 is 0 Å². The summed E-state index contributed by atoms with van der Waals surface area (Å²) >= 11 is 0. The first-order chi connectivity index (χ1) is 9.15. The molecule has 2 nitrogen and oxygen atoms in total. The van der Waals surface area contributed by atoms with Crippen LogP contribution in [0.25, 0.3) is 0 Å². The van der Waals surface area contributed by atoms with Gasteiger partial charge in [0.1, 0.15) is 0 Å². The third-order valence-electron chi connectivity index (χ3n) is 4.64. The summed E-state index contributed by atoms with van der Waals surface area (Å²) in [5, 5.41) is 0. The molecule has 3 atom stereocenters. The number of nitrogens with two attached hydrogens (primary N) is 1. The Morgan fingerprint density at radius 1 is 1.16 bits per heavy atom. The summed E-state index contributed by atoms with van der Waals surface area (Å²) in [6.07, 6.45) is 5.02. The molecular weight excluding hydrogens is 232 g/mol. The smallest absolute Gasteiger partial charge is 0.0491 e. The first-order valence-electron chi connectivity index (χ1n) is 7.69. The van der Waals surface area contributed by atoms with E-state index in [1.165, 1.54) is 30.4 Å². The zero-order valence-electron chi connectivity index (χ0n) is 12.5. The van der Waals surface area contributed by atoms with E-state index in [0.29, 0.717) is 12.0 Å². The summed E-state index contributed by atoms with van der Waals surface area (Å²) in [7, 11) is 0. The molecule has 1 fully saturated rings. The molecule has 1 aliphatic carbocycles. The summed E-state index contributed by atoms with van der Waals surface area (Å²) in [5.74, 6) is 8.20. The van der Waals surface area contributed by atoms with Gasteiger partial charge in [0.15, 0.2) is 0 Å². The van der Waals surface area contributed by atoms with Crippen molar-refractivity contribution in [2.45, 2.75) is 52.5 Å². The fourth-order valence-electron chi connectivity index (χ4n) is 3.92. The summed E-state index contributed by atoms with van der Waals surface area (Å²) in [6.45, 7) is 6.97. The highest BCUT2D eigenvalue weighted by molar-refractivity contribution is 5.30.